The van der Waals surface area contributed by atoms with Gasteiger partial charge in [0.25, 0.3) is 0 Å². The molecule has 3 fully saturated rings. The van der Waals surface area contributed by atoms with Crippen molar-refractivity contribution in [3.05, 3.63) is 34.6 Å². The molecule has 11 nitrogen and oxygen atoms in total. The van der Waals surface area contributed by atoms with Crippen molar-refractivity contribution in [3.63, 3.8) is 0 Å². The topological polar surface area (TPSA) is 139 Å². The molecule has 3 aromatic rings. The number of nitriles is 2. The van der Waals surface area contributed by atoms with Crippen LogP contribution in [0.15, 0.2) is 18.3 Å². The third kappa shape index (κ3) is 4.49. The van der Waals surface area contributed by atoms with E-state index in [1.54, 1.807) is 12.1 Å². The van der Waals surface area contributed by atoms with Crippen molar-refractivity contribution in [2.75, 3.05) is 42.3 Å². The first-order chi connectivity index (χ1) is 17.6. The fourth-order valence-corrected chi connectivity index (χ4v) is 4.80. The number of benzene rings is 1. The van der Waals surface area contributed by atoms with Crippen LogP contribution in [0.25, 0.3) is 5.65 Å². The number of aromatic nitrogens is 4. The molecule has 184 valence electrons. The fourth-order valence-electron chi connectivity index (χ4n) is 4.59. The number of halogens is 1. The number of imidazole rings is 1. The van der Waals surface area contributed by atoms with E-state index in [9.17, 15) is 10.5 Å². The van der Waals surface area contributed by atoms with Gasteiger partial charge in [-0.25, -0.2) is 4.98 Å². The number of likely N-dealkylation sites (tertiary alicyclic amines) is 1. The Bertz CT molecular complexity index is 1380. The summed E-state index contributed by atoms with van der Waals surface area (Å²) in [5, 5.41) is 34.1. The predicted molar refractivity (Wildman–Crippen MR) is 134 cm³/mol. The first-order valence-electron chi connectivity index (χ1n) is 12.1. The molecule has 2 saturated heterocycles. The summed E-state index contributed by atoms with van der Waals surface area (Å²) in [6.45, 7) is 3.68. The summed E-state index contributed by atoms with van der Waals surface area (Å²) in [5.74, 6) is 0.796. The van der Waals surface area contributed by atoms with E-state index in [0.29, 0.717) is 51.2 Å². The van der Waals surface area contributed by atoms with Crippen LogP contribution < -0.4 is 16.0 Å². The van der Waals surface area contributed by atoms with Crippen LogP contribution in [0.4, 0.5) is 23.1 Å². The van der Waals surface area contributed by atoms with Crippen LogP contribution in [-0.2, 0) is 4.74 Å². The Morgan fingerprint density at radius 3 is 2.44 bits per heavy atom. The van der Waals surface area contributed by atoms with Gasteiger partial charge in [0.1, 0.15) is 12.1 Å². The number of piperidine rings is 1. The van der Waals surface area contributed by atoms with Crippen LogP contribution in [0.1, 0.15) is 36.9 Å². The third-order valence-corrected chi connectivity index (χ3v) is 7.21. The minimum atomic E-state index is 0.249. The number of nitrogens with zero attached hydrogens (tertiary/aromatic N) is 7. The van der Waals surface area contributed by atoms with Crippen LogP contribution in [0.3, 0.4) is 0 Å². The highest BCUT2D eigenvalue weighted by Crippen LogP contribution is 2.33. The first kappa shape index (κ1) is 22.8. The zero-order chi connectivity index (χ0) is 24.6. The Morgan fingerprint density at radius 1 is 1.00 bits per heavy atom. The predicted octanol–water partition coefficient (Wildman–Crippen LogP) is 3.11. The van der Waals surface area contributed by atoms with Gasteiger partial charge in [0.05, 0.1) is 47.4 Å². The van der Waals surface area contributed by atoms with Gasteiger partial charge >= 0.3 is 0 Å². The molecule has 0 atom stereocenters. The highest BCUT2D eigenvalue weighted by molar-refractivity contribution is 6.33. The van der Waals surface area contributed by atoms with Crippen LogP contribution in [0.5, 0.6) is 0 Å². The van der Waals surface area contributed by atoms with Crippen molar-refractivity contribution in [3.8, 4) is 12.1 Å². The van der Waals surface area contributed by atoms with Crippen LogP contribution in [0.2, 0.25) is 5.02 Å². The van der Waals surface area contributed by atoms with Crippen LogP contribution >= 0.6 is 11.6 Å². The molecule has 0 spiro atoms. The molecule has 0 amide bonds. The monoisotopic (exact) mass is 504 g/mol. The number of rotatable bonds is 7. The average Bonchev–Trinajstić information content (AvgIpc) is 3.56. The molecule has 1 aromatic carbocycles. The Balaban J connectivity index is 1.22. The van der Waals surface area contributed by atoms with Crippen molar-refractivity contribution in [1.29, 1.82) is 10.5 Å². The van der Waals surface area contributed by atoms with E-state index >= 15 is 0 Å². The molecule has 2 aromatic heterocycles. The molecular weight excluding hydrogens is 480 g/mol. The third-order valence-electron chi connectivity index (χ3n) is 6.90. The molecule has 3 aliphatic rings. The summed E-state index contributed by atoms with van der Waals surface area (Å²) in [4.78, 5) is 11.3. The van der Waals surface area contributed by atoms with Gasteiger partial charge in [-0.05, 0) is 37.8 Å². The normalized spacial score (nSPS) is 18.9. The van der Waals surface area contributed by atoms with Crippen molar-refractivity contribution in [1.82, 2.24) is 24.5 Å². The van der Waals surface area contributed by atoms with Crippen molar-refractivity contribution in [2.45, 2.75) is 43.8 Å². The molecule has 4 heterocycles. The molecule has 6 rings (SSSR count). The Kier molecular flexibility index (Phi) is 5.97. The van der Waals surface area contributed by atoms with Gasteiger partial charge in [-0.2, -0.15) is 20.0 Å². The molecule has 3 N–H and O–H groups in total. The maximum Gasteiger partial charge on any atom is 0.247 e. The van der Waals surface area contributed by atoms with E-state index in [2.05, 4.69) is 48.1 Å². The largest absolute Gasteiger partial charge is 0.381 e. The maximum atomic E-state index is 9.84. The van der Waals surface area contributed by atoms with Gasteiger partial charge in [-0.15, -0.1) is 5.10 Å². The van der Waals surface area contributed by atoms with E-state index in [0.717, 1.165) is 52.0 Å². The zero-order valence-electron chi connectivity index (χ0n) is 19.5. The summed E-state index contributed by atoms with van der Waals surface area (Å²) in [7, 11) is 0. The minimum absolute atomic E-state index is 0.249. The van der Waals surface area contributed by atoms with Gasteiger partial charge in [0.2, 0.25) is 5.95 Å². The first-order valence-corrected chi connectivity index (χ1v) is 12.5. The summed E-state index contributed by atoms with van der Waals surface area (Å²) in [6.07, 6.45) is 5.58. The second kappa shape index (κ2) is 9.43. The van der Waals surface area contributed by atoms with Gasteiger partial charge in [0, 0.05) is 25.2 Å². The number of hydrogen-bond donors (Lipinski definition) is 3. The zero-order valence-corrected chi connectivity index (χ0v) is 20.3. The second-order valence-electron chi connectivity index (χ2n) is 9.45. The van der Waals surface area contributed by atoms with E-state index in [4.69, 9.17) is 16.3 Å². The summed E-state index contributed by atoms with van der Waals surface area (Å²) in [5.41, 5.74) is 2.49. The minimum Gasteiger partial charge on any atom is -0.381 e. The number of fused-ring (bicyclic) bond motifs is 1. The molecule has 0 bridgehead atoms. The molecule has 2 aliphatic heterocycles. The fraction of sp³-hybridized carbons (Fsp3) is 0.458. The molecule has 36 heavy (non-hydrogen) atoms. The summed E-state index contributed by atoms with van der Waals surface area (Å²) < 4.78 is 6.77. The van der Waals surface area contributed by atoms with Crippen molar-refractivity contribution in [2.24, 2.45) is 0 Å². The molecule has 1 aliphatic carbocycles. The highest BCUT2D eigenvalue weighted by Gasteiger charge is 2.30. The van der Waals surface area contributed by atoms with E-state index in [-0.39, 0.29) is 12.0 Å². The van der Waals surface area contributed by atoms with Gasteiger partial charge in [-0.1, -0.05) is 11.6 Å². The number of nitrogens with one attached hydrogen (secondary N) is 3. The summed E-state index contributed by atoms with van der Waals surface area (Å²) in [6, 6.07) is 9.01. The van der Waals surface area contributed by atoms with Crippen LogP contribution in [0, 0.1) is 22.7 Å². The SMILES string of the molecule is N#Cc1cc(Nc2nc(NC3CC3)c3ncc(C#N)n3n2)c(Cl)cc1NC1CCN(C2COC2)CC1. The molecule has 12 heteroatoms. The highest BCUT2D eigenvalue weighted by atomic mass is 35.5. The van der Waals surface area contributed by atoms with Gasteiger partial charge in [-0.3, -0.25) is 4.90 Å². The molecular formula is C24H25ClN10O. The Morgan fingerprint density at radius 2 is 1.78 bits per heavy atom. The quantitative estimate of drug-likeness (QED) is 0.439. The standard InChI is InChI=1S/C24H25ClN10O/c25-19-8-20(29-16-3-5-34(6-4-16)18-12-36-13-18)14(9-26)7-21(19)31-24-32-22(30-15-1-2-15)23-28-11-17(10-27)35(23)33-24/h7-8,11,15-16,18,29H,1-6,12-13H2,(H2,30,31,32,33). The lowest BCUT2D eigenvalue weighted by Crippen LogP contribution is -2.53. The lowest BCUT2D eigenvalue weighted by Gasteiger charge is -2.41. The number of anilines is 4. The number of ether oxygens (including phenoxy) is 1. The molecule has 0 unspecified atom stereocenters. The molecule has 0 radical (unpaired) electrons. The van der Waals surface area contributed by atoms with Crippen molar-refractivity contribution < 1.29 is 4.74 Å². The average molecular weight is 505 g/mol. The Hall–Kier alpha value is -3.64. The van der Waals surface area contributed by atoms with E-state index in [1.165, 1.54) is 10.7 Å². The second-order valence-corrected chi connectivity index (χ2v) is 9.86. The maximum absolute atomic E-state index is 9.84. The smallest absolute Gasteiger partial charge is 0.247 e. The van der Waals surface area contributed by atoms with Crippen molar-refractivity contribution >= 4 is 40.4 Å². The van der Waals surface area contributed by atoms with Crippen LogP contribution in [-0.4, -0.2) is 68.9 Å². The molecule has 1 saturated carbocycles. The number of hydrogen-bond acceptors (Lipinski definition) is 10. The van der Waals surface area contributed by atoms with Gasteiger partial charge < -0.3 is 20.7 Å². The Labute approximate surface area is 213 Å². The lowest BCUT2D eigenvalue weighted by atomic mass is 10.0. The lowest BCUT2D eigenvalue weighted by molar-refractivity contribution is -0.0705. The van der Waals surface area contributed by atoms with E-state index in [1.807, 2.05) is 0 Å². The summed E-state index contributed by atoms with van der Waals surface area (Å²) >= 11 is 6.63. The van der Waals surface area contributed by atoms with Gasteiger partial charge in [0.15, 0.2) is 17.2 Å². The van der Waals surface area contributed by atoms with E-state index < -0.39 is 0 Å².